The van der Waals surface area contributed by atoms with Gasteiger partial charge in [0, 0.05) is 11.6 Å². The summed E-state index contributed by atoms with van der Waals surface area (Å²) >= 11 is 0. The van der Waals surface area contributed by atoms with Crippen molar-refractivity contribution < 1.29 is 28.5 Å². The van der Waals surface area contributed by atoms with Crippen molar-refractivity contribution in [3.63, 3.8) is 0 Å². The van der Waals surface area contributed by atoms with Crippen molar-refractivity contribution >= 4 is 12.2 Å². The van der Waals surface area contributed by atoms with Crippen molar-refractivity contribution in [2.24, 2.45) is 0 Å². The highest BCUT2D eigenvalue weighted by atomic mass is 16.7. The molecule has 0 aliphatic carbocycles. The van der Waals surface area contributed by atoms with Gasteiger partial charge in [0.25, 0.3) is 0 Å². The van der Waals surface area contributed by atoms with Gasteiger partial charge in [0.2, 0.25) is 0 Å². The lowest BCUT2D eigenvalue weighted by atomic mass is 9.90. The van der Waals surface area contributed by atoms with E-state index in [9.17, 15) is 9.59 Å². The van der Waals surface area contributed by atoms with Gasteiger partial charge in [-0.25, -0.2) is 9.59 Å². The molecule has 0 saturated heterocycles. The second kappa shape index (κ2) is 12.2. The molecule has 8 nitrogen and oxygen atoms in total. The second-order valence-electron chi connectivity index (χ2n) is 9.06. The molecule has 0 aromatic heterocycles. The predicted octanol–water partition coefficient (Wildman–Crippen LogP) is 6.11. The SMILES string of the molecule is CC1=C(OC(=O)NC(C)C)C(c2ccccc2OCc2ccccc2)C(OC(=O)OC(C)C)=C(C)N1. The summed E-state index contributed by atoms with van der Waals surface area (Å²) in [6.45, 7) is 11.1. The van der Waals surface area contributed by atoms with Crippen LogP contribution in [0.2, 0.25) is 0 Å². The molecule has 1 amide bonds. The van der Waals surface area contributed by atoms with E-state index in [1.54, 1.807) is 27.7 Å². The minimum Gasteiger partial charge on any atom is -0.489 e. The van der Waals surface area contributed by atoms with E-state index in [0.717, 1.165) is 5.56 Å². The van der Waals surface area contributed by atoms with Gasteiger partial charge in [-0.3, -0.25) is 0 Å². The number of allylic oxidation sites excluding steroid dienone is 2. The first-order chi connectivity index (χ1) is 17.2. The third-order valence-corrected chi connectivity index (χ3v) is 5.24. The molecule has 0 spiro atoms. The molecule has 8 heteroatoms. The van der Waals surface area contributed by atoms with E-state index in [2.05, 4.69) is 10.6 Å². The number of carbonyl (C=O) groups is 2. The maximum absolute atomic E-state index is 12.6. The molecule has 0 fully saturated rings. The summed E-state index contributed by atoms with van der Waals surface area (Å²) in [7, 11) is 0. The Kier molecular flexibility index (Phi) is 9.00. The maximum atomic E-state index is 12.6. The van der Waals surface area contributed by atoms with Gasteiger partial charge in [0.05, 0.1) is 17.5 Å². The Bertz CT molecular complexity index is 1090. The van der Waals surface area contributed by atoms with Crippen LogP contribution in [0.1, 0.15) is 58.6 Å². The Hall–Kier alpha value is -3.94. The van der Waals surface area contributed by atoms with E-state index >= 15 is 0 Å². The molecule has 1 unspecified atom stereocenters. The minimum atomic E-state index is -0.848. The van der Waals surface area contributed by atoms with Crippen molar-refractivity contribution in [3.8, 4) is 5.75 Å². The third kappa shape index (κ3) is 7.04. The number of rotatable bonds is 8. The zero-order valence-electron chi connectivity index (χ0n) is 21.6. The first-order valence-corrected chi connectivity index (χ1v) is 12.0. The number of nitrogens with one attached hydrogen (secondary N) is 2. The molecule has 0 radical (unpaired) electrons. The van der Waals surface area contributed by atoms with Crippen LogP contribution in [-0.2, 0) is 20.8 Å². The Morgan fingerprint density at radius 3 is 2.14 bits per heavy atom. The Labute approximate surface area is 212 Å². The summed E-state index contributed by atoms with van der Waals surface area (Å²) in [6, 6.07) is 17.1. The lowest BCUT2D eigenvalue weighted by molar-refractivity contribution is 0.0482. The quantitative estimate of drug-likeness (QED) is 0.427. The lowest BCUT2D eigenvalue weighted by Crippen LogP contribution is -2.34. The summed E-state index contributed by atoms with van der Waals surface area (Å²) in [5, 5.41) is 5.89. The second-order valence-corrected chi connectivity index (χ2v) is 9.06. The zero-order valence-corrected chi connectivity index (χ0v) is 21.6. The van der Waals surface area contributed by atoms with Gasteiger partial charge in [-0.1, -0.05) is 48.5 Å². The molecule has 192 valence electrons. The van der Waals surface area contributed by atoms with Crippen LogP contribution in [-0.4, -0.2) is 24.4 Å². The van der Waals surface area contributed by atoms with Crippen LogP contribution < -0.4 is 15.4 Å². The van der Waals surface area contributed by atoms with Gasteiger partial charge in [-0.2, -0.15) is 0 Å². The van der Waals surface area contributed by atoms with E-state index in [-0.39, 0.29) is 17.9 Å². The van der Waals surface area contributed by atoms with Crippen LogP contribution in [0.3, 0.4) is 0 Å². The van der Waals surface area contributed by atoms with Crippen LogP contribution >= 0.6 is 0 Å². The zero-order chi connectivity index (χ0) is 26.2. The highest BCUT2D eigenvalue weighted by Gasteiger charge is 2.37. The average molecular weight is 495 g/mol. The van der Waals surface area contributed by atoms with Crippen molar-refractivity contribution in [1.29, 1.82) is 0 Å². The van der Waals surface area contributed by atoms with Crippen LogP contribution in [0.4, 0.5) is 9.59 Å². The molecule has 0 saturated carbocycles. The van der Waals surface area contributed by atoms with Crippen LogP contribution in [0.5, 0.6) is 5.75 Å². The number of carbonyl (C=O) groups excluding carboxylic acids is 2. The Morgan fingerprint density at radius 2 is 1.50 bits per heavy atom. The highest BCUT2D eigenvalue weighted by Crippen LogP contribution is 2.43. The molecule has 1 atom stereocenters. The number of hydrogen-bond acceptors (Lipinski definition) is 7. The molecular weight excluding hydrogens is 460 g/mol. The van der Waals surface area contributed by atoms with Gasteiger partial charge in [-0.05, 0) is 53.2 Å². The fourth-order valence-corrected chi connectivity index (χ4v) is 3.77. The predicted molar refractivity (Wildman–Crippen MR) is 136 cm³/mol. The number of hydrogen-bond donors (Lipinski definition) is 2. The molecule has 1 aliphatic heterocycles. The molecule has 1 aliphatic rings. The average Bonchev–Trinajstić information content (AvgIpc) is 2.81. The maximum Gasteiger partial charge on any atom is 0.513 e. The van der Waals surface area contributed by atoms with Gasteiger partial charge in [-0.15, -0.1) is 0 Å². The van der Waals surface area contributed by atoms with Crippen molar-refractivity contribution in [2.75, 3.05) is 0 Å². The third-order valence-electron chi connectivity index (χ3n) is 5.24. The molecule has 2 N–H and O–H groups in total. The fraction of sp³-hybridized carbons (Fsp3) is 0.357. The normalized spacial score (nSPS) is 15.5. The molecular formula is C28H34N2O6. The first-order valence-electron chi connectivity index (χ1n) is 12.0. The molecule has 36 heavy (non-hydrogen) atoms. The Balaban J connectivity index is 2.03. The number of dihydropyridines is 1. The van der Waals surface area contributed by atoms with Crippen LogP contribution in [0.25, 0.3) is 0 Å². The van der Waals surface area contributed by atoms with E-state index in [0.29, 0.717) is 35.1 Å². The molecule has 2 aromatic rings. The molecule has 0 bridgehead atoms. The van der Waals surface area contributed by atoms with Gasteiger partial charge in [0.1, 0.15) is 29.8 Å². The number of para-hydroxylation sites is 1. The monoisotopic (exact) mass is 494 g/mol. The van der Waals surface area contributed by atoms with Crippen molar-refractivity contribution in [1.82, 2.24) is 10.6 Å². The number of ether oxygens (including phenoxy) is 4. The fourth-order valence-electron chi connectivity index (χ4n) is 3.77. The first kappa shape index (κ1) is 26.7. The van der Waals surface area contributed by atoms with Gasteiger partial charge in [0.15, 0.2) is 0 Å². The standard InChI is InChI=1S/C28H34N2O6/c1-17(2)29-27(31)35-25-19(5)30-20(6)26(36-28(32)34-18(3)4)24(25)22-14-10-11-15-23(22)33-16-21-12-8-7-9-13-21/h7-15,17-18,24,30H,16H2,1-6H3,(H,29,31). The summed E-state index contributed by atoms with van der Waals surface area (Å²) in [4.78, 5) is 25.1. The van der Waals surface area contributed by atoms with Crippen molar-refractivity contribution in [2.45, 2.75) is 66.2 Å². The largest absolute Gasteiger partial charge is 0.513 e. The smallest absolute Gasteiger partial charge is 0.489 e. The lowest BCUT2D eigenvalue weighted by Gasteiger charge is -2.31. The minimum absolute atomic E-state index is 0.121. The topological polar surface area (TPSA) is 95.1 Å². The highest BCUT2D eigenvalue weighted by molar-refractivity contribution is 5.70. The van der Waals surface area contributed by atoms with E-state index < -0.39 is 18.2 Å². The summed E-state index contributed by atoms with van der Waals surface area (Å²) in [6.07, 6.45) is -1.82. The van der Waals surface area contributed by atoms with Gasteiger partial charge >= 0.3 is 12.2 Å². The van der Waals surface area contributed by atoms with Crippen molar-refractivity contribution in [3.05, 3.63) is 88.6 Å². The number of amides is 1. The number of alkyl carbamates (subject to hydrolysis) is 1. The van der Waals surface area contributed by atoms with Crippen LogP contribution in [0, 0.1) is 0 Å². The van der Waals surface area contributed by atoms with E-state index in [1.807, 2.05) is 68.4 Å². The molecule has 1 heterocycles. The summed E-state index contributed by atoms with van der Waals surface area (Å²) in [5.41, 5.74) is 2.88. The van der Waals surface area contributed by atoms with Gasteiger partial charge < -0.3 is 29.6 Å². The van der Waals surface area contributed by atoms with Crippen LogP contribution in [0.15, 0.2) is 77.5 Å². The Morgan fingerprint density at radius 1 is 0.889 bits per heavy atom. The van der Waals surface area contributed by atoms with E-state index in [1.165, 1.54) is 0 Å². The molecule has 2 aromatic carbocycles. The molecule has 3 rings (SSSR count). The number of benzene rings is 2. The summed E-state index contributed by atoms with van der Waals surface area (Å²) < 4.78 is 22.9. The summed E-state index contributed by atoms with van der Waals surface area (Å²) in [5.74, 6) is 0.379. The van der Waals surface area contributed by atoms with E-state index in [4.69, 9.17) is 18.9 Å².